The van der Waals surface area contributed by atoms with E-state index in [1.165, 1.54) is 12.3 Å². The van der Waals surface area contributed by atoms with E-state index in [2.05, 4.69) is 10.3 Å². The summed E-state index contributed by atoms with van der Waals surface area (Å²) in [7, 11) is 0. The number of ether oxygens (including phenoxy) is 1. The highest BCUT2D eigenvalue weighted by atomic mass is 16.5. The van der Waals surface area contributed by atoms with Gasteiger partial charge in [0.05, 0.1) is 0 Å². The highest BCUT2D eigenvalue weighted by Gasteiger charge is 2.11. The molecule has 3 rings (SSSR count). The van der Waals surface area contributed by atoms with Gasteiger partial charge in [-0.3, -0.25) is 5.32 Å². The number of rotatable bonds is 5. The van der Waals surface area contributed by atoms with Crippen LogP contribution < -0.4 is 11.1 Å². The standard InChI is InChI=1S/C20H17N3O4/c21-18-17(19(24)25)10-15(11-22-18)14-6-8-16(9-7-14)23-20(26)27-12-13-4-2-1-3-5-13/h1-11H,12H2,(H2,21,22)(H,23,26)(H,24,25). The topological polar surface area (TPSA) is 115 Å². The Labute approximate surface area is 155 Å². The molecule has 0 fully saturated rings. The molecule has 0 atom stereocenters. The summed E-state index contributed by atoms with van der Waals surface area (Å²) in [4.78, 5) is 26.9. The van der Waals surface area contributed by atoms with Crippen LogP contribution in [-0.2, 0) is 11.3 Å². The number of carbonyl (C=O) groups excluding carboxylic acids is 1. The van der Waals surface area contributed by atoms with Crippen molar-refractivity contribution in [2.24, 2.45) is 0 Å². The number of carboxylic acids is 1. The van der Waals surface area contributed by atoms with Gasteiger partial charge in [-0.15, -0.1) is 0 Å². The second kappa shape index (κ2) is 8.01. The van der Waals surface area contributed by atoms with E-state index in [-0.39, 0.29) is 18.0 Å². The van der Waals surface area contributed by atoms with Crippen molar-refractivity contribution < 1.29 is 19.4 Å². The number of anilines is 2. The number of nitrogens with zero attached hydrogens (tertiary/aromatic N) is 1. The summed E-state index contributed by atoms with van der Waals surface area (Å²) in [6, 6.07) is 17.7. The highest BCUT2D eigenvalue weighted by molar-refractivity contribution is 5.94. The summed E-state index contributed by atoms with van der Waals surface area (Å²) in [6.45, 7) is 0.180. The van der Waals surface area contributed by atoms with Crippen molar-refractivity contribution in [3.05, 3.63) is 78.0 Å². The third kappa shape index (κ3) is 4.60. The molecule has 0 spiro atoms. The van der Waals surface area contributed by atoms with Gasteiger partial charge in [0.2, 0.25) is 0 Å². The molecule has 1 amide bonds. The Kier molecular flexibility index (Phi) is 5.32. The quantitative estimate of drug-likeness (QED) is 0.635. The van der Waals surface area contributed by atoms with Gasteiger partial charge < -0.3 is 15.6 Å². The minimum atomic E-state index is -1.14. The fraction of sp³-hybridized carbons (Fsp3) is 0.0500. The number of carboxylic acid groups (broad SMARTS) is 1. The molecule has 2 aromatic carbocycles. The zero-order valence-corrected chi connectivity index (χ0v) is 14.3. The largest absolute Gasteiger partial charge is 0.478 e. The first-order valence-electron chi connectivity index (χ1n) is 8.10. The molecule has 0 radical (unpaired) electrons. The van der Waals surface area contributed by atoms with E-state index in [9.17, 15) is 9.59 Å². The average molecular weight is 363 g/mol. The Hall–Kier alpha value is -3.87. The van der Waals surface area contributed by atoms with Crippen LogP contribution in [0.5, 0.6) is 0 Å². The number of nitrogen functional groups attached to an aromatic ring is 1. The molecule has 4 N–H and O–H groups in total. The van der Waals surface area contributed by atoms with Crippen LogP contribution >= 0.6 is 0 Å². The lowest BCUT2D eigenvalue weighted by molar-refractivity contribution is 0.0697. The van der Waals surface area contributed by atoms with Crippen LogP contribution in [0.25, 0.3) is 11.1 Å². The summed E-state index contributed by atoms with van der Waals surface area (Å²) in [5, 5.41) is 11.8. The fourth-order valence-corrected chi connectivity index (χ4v) is 2.43. The number of hydrogen-bond acceptors (Lipinski definition) is 5. The maximum atomic E-state index is 11.9. The average Bonchev–Trinajstić information content (AvgIpc) is 2.68. The second-order valence-electron chi connectivity index (χ2n) is 5.73. The van der Waals surface area contributed by atoms with Crippen LogP contribution in [0.1, 0.15) is 15.9 Å². The summed E-state index contributed by atoms with van der Waals surface area (Å²) >= 11 is 0. The Bertz CT molecular complexity index is 957. The van der Waals surface area contributed by atoms with Gasteiger partial charge in [-0.05, 0) is 29.3 Å². The van der Waals surface area contributed by atoms with Gasteiger partial charge >= 0.3 is 12.1 Å². The number of aromatic nitrogens is 1. The molecular weight excluding hydrogens is 346 g/mol. The van der Waals surface area contributed by atoms with Crippen LogP contribution in [0.3, 0.4) is 0 Å². The number of hydrogen-bond donors (Lipinski definition) is 3. The van der Waals surface area contributed by atoms with Crippen molar-refractivity contribution in [3.8, 4) is 11.1 Å². The Morgan fingerprint density at radius 3 is 2.41 bits per heavy atom. The lowest BCUT2D eigenvalue weighted by Crippen LogP contribution is -2.13. The van der Waals surface area contributed by atoms with Crippen molar-refractivity contribution >= 4 is 23.6 Å². The van der Waals surface area contributed by atoms with E-state index in [0.29, 0.717) is 11.3 Å². The zero-order valence-electron chi connectivity index (χ0n) is 14.3. The minimum absolute atomic E-state index is 0.0364. The molecule has 1 aromatic heterocycles. The summed E-state index contributed by atoms with van der Waals surface area (Å²) in [5.74, 6) is -1.17. The van der Waals surface area contributed by atoms with Crippen LogP contribution in [0.2, 0.25) is 0 Å². The Balaban J connectivity index is 1.64. The van der Waals surface area contributed by atoms with E-state index in [4.69, 9.17) is 15.6 Å². The molecule has 0 saturated heterocycles. The predicted octanol–water partition coefficient (Wildman–Crippen LogP) is 3.78. The van der Waals surface area contributed by atoms with Crippen LogP contribution in [0.15, 0.2) is 66.9 Å². The summed E-state index contributed by atoms with van der Waals surface area (Å²) in [5.41, 5.74) is 8.31. The number of benzene rings is 2. The molecule has 7 heteroatoms. The monoisotopic (exact) mass is 363 g/mol. The molecule has 27 heavy (non-hydrogen) atoms. The molecule has 0 aliphatic heterocycles. The molecule has 0 aliphatic rings. The molecule has 0 saturated carbocycles. The molecule has 7 nitrogen and oxygen atoms in total. The molecule has 0 aliphatic carbocycles. The molecule has 136 valence electrons. The van der Waals surface area contributed by atoms with E-state index in [1.54, 1.807) is 24.3 Å². The van der Waals surface area contributed by atoms with E-state index >= 15 is 0 Å². The van der Waals surface area contributed by atoms with Gasteiger partial charge in [-0.25, -0.2) is 14.6 Å². The third-order valence-electron chi connectivity index (χ3n) is 3.83. The number of aromatic carboxylic acids is 1. The predicted molar refractivity (Wildman–Crippen MR) is 101 cm³/mol. The van der Waals surface area contributed by atoms with Crippen molar-refractivity contribution in [1.29, 1.82) is 0 Å². The Morgan fingerprint density at radius 1 is 1.04 bits per heavy atom. The first-order chi connectivity index (χ1) is 13.0. The number of pyridine rings is 1. The third-order valence-corrected chi connectivity index (χ3v) is 3.83. The molecular formula is C20H17N3O4. The van der Waals surface area contributed by atoms with Gasteiger partial charge in [0.15, 0.2) is 0 Å². The maximum Gasteiger partial charge on any atom is 0.411 e. The fourth-order valence-electron chi connectivity index (χ4n) is 2.43. The second-order valence-corrected chi connectivity index (χ2v) is 5.73. The SMILES string of the molecule is Nc1ncc(-c2ccc(NC(=O)OCc3ccccc3)cc2)cc1C(=O)O. The zero-order chi connectivity index (χ0) is 19.2. The first kappa shape index (κ1) is 17.9. The van der Waals surface area contributed by atoms with Gasteiger partial charge in [0.25, 0.3) is 0 Å². The van der Waals surface area contributed by atoms with Gasteiger partial charge in [0.1, 0.15) is 18.0 Å². The molecule has 3 aromatic rings. The van der Waals surface area contributed by atoms with E-state index < -0.39 is 12.1 Å². The van der Waals surface area contributed by atoms with Crippen molar-refractivity contribution in [1.82, 2.24) is 4.98 Å². The smallest absolute Gasteiger partial charge is 0.411 e. The van der Waals surface area contributed by atoms with E-state index in [1.807, 2.05) is 30.3 Å². The van der Waals surface area contributed by atoms with Crippen LogP contribution in [0.4, 0.5) is 16.3 Å². The number of nitrogens with one attached hydrogen (secondary N) is 1. The normalized spacial score (nSPS) is 10.2. The van der Waals surface area contributed by atoms with Gasteiger partial charge in [-0.1, -0.05) is 42.5 Å². The number of amides is 1. The lowest BCUT2D eigenvalue weighted by atomic mass is 10.1. The lowest BCUT2D eigenvalue weighted by Gasteiger charge is -2.09. The first-order valence-corrected chi connectivity index (χ1v) is 8.10. The summed E-state index contributed by atoms with van der Waals surface area (Å²) in [6.07, 6.45) is 0.937. The minimum Gasteiger partial charge on any atom is -0.478 e. The van der Waals surface area contributed by atoms with Crippen molar-refractivity contribution in [3.63, 3.8) is 0 Å². The Morgan fingerprint density at radius 2 is 1.74 bits per heavy atom. The molecule has 0 bridgehead atoms. The van der Waals surface area contributed by atoms with E-state index in [0.717, 1.165) is 11.1 Å². The number of nitrogens with two attached hydrogens (primary N) is 1. The molecule has 0 unspecified atom stereocenters. The molecule has 1 heterocycles. The summed E-state index contributed by atoms with van der Waals surface area (Å²) < 4.78 is 5.16. The van der Waals surface area contributed by atoms with Gasteiger partial charge in [-0.2, -0.15) is 0 Å². The number of carbonyl (C=O) groups is 2. The van der Waals surface area contributed by atoms with Crippen LogP contribution in [-0.4, -0.2) is 22.2 Å². The van der Waals surface area contributed by atoms with Crippen LogP contribution in [0, 0.1) is 0 Å². The van der Waals surface area contributed by atoms with Crippen molar-refractivity contribution in [2.45, 2.75) is 6.61 Å². The van der Waals surface area contributed by atoms with Gasteiger partial charge in [0, 0.05) is 17.4 Å². The van der Waals surface area contributed by atoms with Crippen molar-refractivity contribution in [2.75, 3.05) is 11.1 Å². The maximum absolute atomic E-state index is 11.9. The highest BCUT2D eigenvalue weighted by Crippen LogP contribution is 2.23.